The molecule has 0 aromatic carbocycles. The minimum Gasteiger partial charge on any atom is -0.457 e. The van der Waals surface area contributed by atoms with Crippen molar-refractivity contribution in [2.24, 2.45) is 0 Å². The third-order valence-corrected chi connectivity index (χ3v) is 11.7. The Morgan fingerprint density at radius 3 is 1.33 bits per heavy atom. The van der Waals surface area contributed by atoms with Crippen LogP contribution in [0.15, 0.2) is 134 Å². The Kier molecular flexibility index (Phi) is 44.4. The summed E-state index contributed by atoms with van der Waals surface area (Å²) in [6.45, 7) is 3.59. The van der Waals surface area contributed by atoms with E-state index in [1.165, 1.54) is 32.1 Å². The summed E-state index contributed by atoms with van der Waals surface area (Å²) >= 11 is 0. The first-order valence-corrected chi connectivity index (χ1v) is 28.3. The minimum absolute atomic E-state index is 0.0162. The van der Waals surface area contributed by atoms with Crippen LogP contribution in [0.4, 0.5) is 0 Å². The van der Waals surface area contributed by atoms with Gasteiger partial charge in [-0.2, -0.15) is 8.42 Å². The Hall–Kier alpha value is -3.76. The molecule has 0 aliphatic carbocycles. The van der Waals surface area contributed by atoms with Gasteiger partial charge in [0, 0.05) is 13.0 Å². The zero-order valence-corrected chi connectivity index (χ0v) is 44.7. The molecule has 0 spiro atoms. The average Bonchev–Trinajstić information content (AvgIpc) is 3.36. The normalized spacial score (nSPS) is 20.0. The summed E-state index contributed by atoms with van der Waals surface area (Å²) in [7, 11) is -5.08. The molecule has 0 bridgehead atoms. The van der Waals surface area contributed by atoms with Crippen LogP contribution in [0.5, 0.6) is 0 Å². The molecule has 0 aromatic heterocycles. The molecular formula is C59H94O12S. The Bertz CT molecular complexity index is 1760. The maximum absolute atomic E-state index is 12.9. The fourth-order valence-electron chi connectivity index (χ4n) is 7.30. The highest BCUT2D eigenvalue weighted by atomic mass is 32.3. The number of carbonyl (C=O) groups is 1. The summed E-state index contributed by atoms with van der Waals surface area (Å²) < 4.78 is 59.2. The van der Waals surface area contributed by atoms with E-state index in [0.717, 1.165) is 109 Å². The van der Waals surface area contributed by atoms with Gasteiger partial charge in [-0.25, -0.2) is 4.18 Å². The predicted octanol–water partition coefficient (Wildman–Crippen LogP) is 13.1. The molecule has 1 fully saturated rings. The van der Waals surface area contributed by atoms with Crippen LogP contribution in [0.1, 0.15) is 168 Å². The van der Waals surface area contributed by atoms with E-state index in [1.807, 2.05) is 0 Å². The van der Waals surface area contributed by atoms with Gasteiger partial charge >= 0.3 is 16.4 Å². The molecule has 72 heavy (non-hydrogen) atoms. The molecule has 0 saturated carbocycles. The molecule has 1 aliphatic rings. The van der Waals surface area contributed by atoms with E-state index >= 15 is 0 Å². The van der Waals surface area contributed by atoms with Crippen molar-refractivity contribution in [2.45, 2.75) is 205 Å². The second kappa shape index (κ2) is 48.2. The van der Waals surface area contributed by atoms with Gasteiger partial charge in [0.05, 0.1) is 19.8 Å². The highest BCUT2D eigenvalue weighted by molar-refractivity contribution is 7.80. The van der Waals surface area contributed by atoms with Crippen molar-refractivity contribution in [1.82, 2.24) is 0 Å². The van der Waals surface area contributed by atoms with Crippen LogP contribution in [0.2, 0.25) is 0 Å². The smallest absolute Gasteiger partial charge is 0.397 e. The van der Waals surface area contributed by atoms with Crippen molar-refractivity contribution in [3.8, 4) is 0 Å². The fourth-order valence-corrected chi connectivity index (χ4v) is 7.81. The minimum atomic E-state index is -5.08. The van der Waals surface area contributed by atoms with Crippen LogP contribution < -0.4 is 0 Å². The Balaban J connectivity index is 2.39. The van der Waals surface area contributed by atoms with Crippen LogP contribution in [0.25, 0.3) is 0 Å². The van der Waals surface area contributed by atoms with E-state index < -0.39 is 59.8 Å². The molecule has 1 saturated heterocycles. The van der Waals surface area contributed by atoms with Crippen molar-refractivity contribution in [3.05, 3.63) is 134 Å². The lowest BCUT2D eigenvalue weighted by Crippen LogP contribution is -2.60. The van der Waals surface area contributed by atoms with E-state index in [-0.39, 0.29) is 19.6 Å². The predicted molar refractivity (Wildman–Crippen MR) is 294 cm³/mol. The van der Waals surface area contributed by atoms with Crippen molar-refractivity contribution < 1.29 is 56.2 Å². The van der Waals surface area contributed by atoms with Crippen LogP contribution in [0, 0.1) is 0 Å². The molecule has 0 amide bonds. The number of ether oxygens (including phenoxy) is 4. The molecule has 6 unspecified atom stereocenters. The molecule has 0 aromatic rings. The number of unbranched alkanes of at least 4 members (excludes halogenated alkanes) is 10. The SMILES string of the molecule is CC/C=C\C/C=C\C/C=C\C/C=C\C/C=C\C/C=C\CCCOCC(COC1OC(CO)C(O)C(OS(=O)(=O)O)C1O)OC(=O)CCCCCCCCCCC/C=C\C/C=C\C/C=C\C/C=C\C/C=C\CC. The van der Waals surface area contributed by atoms with E-state index in [1.54, 1.807) is 0 Å². The quantitative estimate of drug-likeness (QED) is 0.0197. The zero-order chi connectivity index (χ0) is 52.4. The van der Waals surface area contributed by atoms with Crippen molar-refractivity contribution in [2.75, 3.05) is 26.4 Å². The number of allylic oxidation sites excluding steroid dienone is 22. The first kappa shape index (κ1) is 66.3. The standard InChI is InChI=1S/C59H94O12S/c1-3-5-7-9-11-13-15-17-19-21-23-25-26-27-28-29-30-32-34-36-38-40-42-44-46-48-55(61)69-53(52-68-59-57(63)58(71-72(64,65)66)56(62)54(50-60)70-59)51-67-49-47-45-43-41-39-37-35-33-31-24-22-20-18-16-14-12-10-8-6-4-2/h5-8,11-14,17-20,23-25,27-28,31,35,37,41,43,53-54,56-60,62-63H,3-4,9-10,15-16,21-22,26,29-30,32-34,36,38-40,42,44-52H2,1-2H3,(H,64,65,66)/b7-5-,8-6-,13-11-,14-12-,19-17-,20-18-,25-23-,28-27-,31-24-,37-35-,43-41-. The molecule has 6 atom stereocenters. The molecule has 1 heterocycles. The van der Waals surface area contributed by atoms with Crippen molar-refractivity contribution >= 4 is 16.4 Å². The van der Waals surface area contributed by atoms with Gasteiger partial charge in [-0.1, -0.05) is 192 Å². The number of esters is 1. The van der Waals surface area contributed by atoms with E-state index in [4.69, 9.17) is 18.9 Å². The molecule has 408 valence electrons. The number of rotatable bonds is 45. The summed E-state index contributed by atoms with van der Waals surface area (Å²) in [5.74, 6) is -0.431. The van der Waals surface area contributed by atoms with E-state index in [2.05, 4.69) is 152 Å². The van der Waals surface area contributed by atoms with Crippen LogP contribution in [0.3, 0.4) is 0 Å². The number of aliphatic hydroxyl groups is 3. The highest BCUT2D eigenvalue weighted by Crippen LogP contribution is 2.26. The van der Waals surface area contributed by atoms with Gasteiger partial charge in [0.25, 0.3) is 0 Å². The van der Waals surface area contributed by atoms with Crippen molar-refractivity contribution in [1.29, 1.82) is 0 Å². The van der Waals surface area contributed by atoms with Crippen LogP contribution >= 0.6 is 0 Å². The highest BCUT2D eigenvalue weighted by Gasteiger charge is 2.48. The molecule has 4 N–H and O–H groups in total. The number of hydrogen-bond acceptors (Lipinski definition) is 11. The first-order valence-electron chi connectivity index (χ1n) is 26.9. The van der Waals surface area contributed by atoms with E-state index in [0.29, 0.717) is 13.0 Å². The topological polar surface area (TPSA) is 178 Å². The zero-order valence-electron chi connectivity index (χ0n) is 43.9. The third kappa shape index (κ3) is 40.7. The van der Waals surface area contributed by atoms with Gasteiger partial charge < -0.3 is 34.3 Å². The van der Waals surface area contributed by atoms with Crippen LogP contribution in [-0.2, 0) is 38.3 Å². The van der Waals surface area contributed by atoms with Gasteiger partial charge in [0.1, 0.15) is 30.5 Å². The lowest BCUT2D eigenvalue weighted by Gasteiger charge is -2.41. The molecule has 12 nitrogen and oxygen atoms in total. The monoisotopic (exact) mass is 1030 g/mol. The van der Waals surface area contributed by atoms with Gasteiger partial charge in [-0.3, -0.25) is 9.35 Å². The lowest BCUT2D eigenvalue weighted by molar-refractivity contribution is -0.301. The van der Waals surface area contributed by atoms with Gasteiger partial charge in [-0.05, 0) is 103 Å². The Morgan fingerprint density at radius 2 is 0.917 bits per heavy atom. The largest absolute Gasteiger partial charge is 0.457 e. The molecule has 13 heteroatoms. The molecule has 1 aliphatic heterocycles. The number of hydrogen-bond donors (Lipinski definition) is 4. The average molecular weight is 1030 g/mol. The lowest BCUT2D eigenvalue weighted by atomic mass is 9.99. The summed E-state index contributed by atoms with van der Waals surface area (Å²) in [5.41, 5.74) is 0. The van der Waals surface area contributed by atoms with Crippen LogP contribution in [-0.4, -0.2) is 97.5 Å². The van der Waals surface area contributed by atoms with Gasteiger partial charge in [0.15, 0.2) is 6.29 Å². The second-order valence-electron chi connectivity index (χ2n) is 17.7. The summed E-state index contributed by atoms with van der Waals surface area (Å²) in [6.07, 6.45) is 62.0. The summed E-state index contributed by atoms with van der Waals surface area (Å²) in [4.78, 5) is 12.9. The molecule has 1 rings (SSSR count). The Labute approximate surface area is 435 Å². The van der Waals surface area contributed by atoms with Gasteiger partial charge in [0.2, 0.25) is 0 Å². The third-order valence-electron chi connectivity index (χ3n) is 11.3. The maximum atomic E-state index is 12.9. The Morgan fingerprint density at radius 1 is 0.528 bits per heavy atom. The maximum Gasteiger partial charge on any atom is 0.397 e. The number of aliphatic hydroxyl groups excluding tert-OH is 3. The molecular weight excluding hydrogens is 933 g/mol. The van der Waals surface area contributed by atoms with E-state index in [9.17, 15) is 33.1 Å². The molecule has 0 radical (unpaired) electrons. The first-order chi connectivity index (χ1) is 35.1. The van der Waals surface area contributed by atoms with Gasteiger partial charge in [-0.15, -0.1) is 0 Å². The fraction of sp³-hybridized carbons (Fsp3) is 0.610. The second-order valence-corrected chi connectivity index (χ2v) is 18.7. The summed E-state index contributed by atoms with van der Waals surface area (Å²) in [6, 6.07) is 0. The summed E-state index contributed by atoms with van der Waals surface area (Å²) in [5, 5.41) is 30.8. The van der Waals surface area contributed by atoms with Crippen molar-refractivity contribution in [3.63, 3.8) is 0 Å². The number of carbonyl (C=O) groups excluding carboxylic acids is 1.